The second-order valence-corrected chi connectivity index (χ2v) is 6.83. The Hall–Kier alpha value is -2.02. The average molecular weight is 324 g/mol. The molecular weight excluding hydrogens is 304 g/mol. The quantitative estimate of drug-likeness (QED) is 0.814. The molecular formula is C15H20N2O4S. The van der Waals surface area contributed by atoms with Gasteiger partial charge >= 0.3 is 0 Å². The molecule has 0 aliphatic carbocycles. The Bertz CT molecular complexity index is 670. The minimum absolute atomic E-state index is 0.0598. The van der Waals surface area contributed by atoms with Crippen LogP contribution in [0.5, 0.6) is 5.75 Å². The topological polar surface area (TPSA) is 75.7 Å². The summed E-state index contributed by atoms with van der Waals surface area (Å²) in [5, 5.41) is 0. The van der Waals surface area contributed by atoms with Crippen LogP contribution in [0, 0.1) is 0 Å². The number of benzene rings is 1. The van der Waals surface area contributed by atoms with Gasteiger partial charge in [-0.3, -0.25) is 9.52 Å². The Morgan fingerprint density at radius 1 is 1.41 bits per heavy atom. The molecule has 1 aliphatic heterocycles. The number of nitrogens with one attached hydrogen (secondary N) is 1. The Morgan fingerprint density at radius 2 is 2.18 bits per heavy atom. The molecule has 1 amide bonds. The van der Waals surface area contributed by atoms with E-state index in [1.165, 1.54) is 13.2 Å². The normalized spacial score (nSPS) is 15.5. The molecule has 2 rings (SSSR count). The lowest BCUT2D eigenvalue weighted by atomic mass is 10.1. The second-order valence-electron chi connectivity index (χ2n) is 5.06. The number of ether oxygens (including phenoxy) is 1. The summed E-state index contributed by atoms with van der Waals surface area (Å²) in [5.41, 5.74) is 1.06. The number of carbonyl (C=O) groups excluding carboxylic acids is 1. The van der Waals surface area contributed by atoms with Gasteiger partial charge in [0.15, 0.2) is 0 Å². The van der Waals surface area contributed by atoms with Crippen LogP contribution in [-0.4, -0.2) is 33.7 Å². The molecule has 0 spiro atoms. The van der Waals surface area contributed by atoms with Crippen LogP contribution in [0.1, 0.15) is 19.3 Å². The molecule has 1 heterocycles. The third-order valence-electron chi connectivity index (χ3n) is 3.40. The first-order valence-corrected chi connectivity index (χ1v) is 8.72. The van der Waals surface area contributed by atoms with E-state index in [0.29, 0.717) is 30.1 Å². The Labute approximate surface area is 130 Å². The molecule has 1 aromatic carbocycles. The van der Waals surface area contributed by atoms with Crippen LogP contribution in [0.3, 0.4) is 0 Å². The van der Waals surface area contributed by atoms with Crippen LogP contribution >= 0.6 is 0 Å². The molecule has 1 fully saturated rings. The smallest absolute Gasteiger partial charge is 0.236 e. The summed E-state index contributed by atoms with van der Waals surface area (Å²) in [7, 11) is -1.97. The molecule has 1 aromatic rings. The second kappa shape index (κ2) is 6.83. The van der Waals surface area contributed by atoms with Gasteiger partial charge in [-0.2, -0.15) is 0 Å². The van der Waals surface area contributed by atoms with E-state index in [1.807, 2.05) is 0 Å². The fourth-order valence-corrected chi connectivity index (χ4v) is 3.28. The fraction of sp³-hybridized carbons (Fsp3) is 0.400. The van der Waals surface area contributed by atoms with Crippen molar-refractivity contribution in [2.75, 3.05) is 29.0 Å². The van der Waals surface area contributed by atoms with Crippen molar-refractivity contribution >= 4 is 27.3 Å². The molecule has 0 unspecified atom stereocenters. The summed E-state index contributed by atoms with van der Waals surface area (Å²) >= 11 is 0. The molecule has 0 atom stereocenters. The molecule has 1 aliphatic rings. The molecule has 1 saturated heterocycles. The number of sulfonamides is 1. The summed E-state index contributed by atoms with van der Waals surface area (Å²) in [6.45, 7) is 4.07. The highest BCUT2D eigenvalue weighted by Crippen LogP contribution is 2.33. The minimum atomic E-state index is -3.46. The van der Waals surface area contributed by atoms with Crippen LogP contribution in [-0.2, 0) is 14.8 Å². The van der Waals surface area contributed by atoms with Gasteiger partial charge in [0.05, 0.1) is 24.2 Å². The number of nitrogens with zero attached hydrogens (tertiary/aromatic N) is 1. The van der Waals surface area contributed by atoms with E-state index in [-0.39, 0.29) is 11.7 Å². The van der Waals surface area contributed by atoms with Gasteiger partial charge in [-0.15, -0.1) is 6.58 Å². The highest BCUT2D eigenvalue weighted by molar-refractivity contribution is 7.92. The number of carbonyl (C=O) groups is 1. The van der Waals surface area contributed by atoms with E-state index in [2.05, 4.69) is 11.3 Å². The standard InChI is InChI=1S/C15H20N2O4S/c1-3-10-22(19,20)16-12-7-8-13(14(11-12)21-2)17-9-5-4-6-15(17)18/h3,7-8,11,16H,1,4-6,9-10H2,2H3. The van der Waals surface area contributed by atoms with Crippen molar-refractivity contribution in [1.82, 2.24) is 0 Å². The SMILES string of the molecule is C=CCS(=O)(=O)Nc1ccc(N2CCCCC2=O)c(OC)c1. The fourth-order valence-electron chi connectivity index (χ4n) is 2.40. The Morgan fingerprint density at radius 3 is 2.82 bits per heavy atom. The van der Waals surface area contributed by atoms with Gasteiger partial charge in [-0.25, -0.2) is 8.42 Å². The zero-order valence-electron chi connectivity index (χ0n) is 12.5. The van der Waals surface area contributed by atoms with Gasteiger partial charge < -0.3 is 9.64 Å². The predicted octanol–water partition coefficient (Wildman–Crippen LogP) is 2.14. The highest BCUT2D eigenvalue weighted by atomic mass is 32.2. The first-order chi connectivity index (χ1) is 10.5. The zero-order chi connectivity index (χ0) is 16.2. The Kier molecular flexibility index (Phi) is 5.07. The number of hydrogen-bond donors (Lipinski definition) is 1. The van der Waals surface area contributed by atoms with E-state index in [9.17, 15) is 13.2 Å². The van der Waals surface area contributed by atoms with E-state index in [1.54, 1.807) is 23.1 Å². The van der Waals surface area contributed by atoms with Gasteiger partial charge in [-0.05, 0) is 25.0 Å². The van der Waals surface area contributed by atoms with E-state index >= 15 is 0 Å². The number of methoxy groups -OCH3 is 1. The van der Waals surface area contributed by atoms with E-state index in [0.717, 1.165) is 12.8 Å². The van der Waals surface area contributed by atoms with Crippen LogP contribution in [0.15, 0.2) is 30.9 Å². The Balaban J connectivity index is 2.28. The molecule has 7 heteroatoms. The van der Waals surface area contributed by atoms with Crippen LogP contribution in [0.4, 0.5) is 11.4 Å². The number of piperidine rings is 1. The summed E-state index contributed by atoms with van der Waals surface area (Å²) in [5.74, 6) is 0.361. The lowest BCUT2D eigenvalue weighted by molar-refractivity contribution is -0.119. The first kappa shape index (κ1) is 16.4. The lowest BCUT2D eigenvalue weighted by Crippen LogP contribution is -2.35. The minimum Gasteiger partial charge on any atom is -0.494 e. The van der Waals surface area contributed by atoms with Crippen molar-refractivity contribution in [1.29, 1.82) is 0 Å². The van der Waals surface area contributed by atoms with Crippen LogP contribution in [0.2, 0.25) is 0 Å². The van der Waals surface area contributed by atoms with Gasteiger partial charge in [0.25, 0.3) is 0 Å². The van der Waals surface area contributed by atoms with Crippen molar-refractivity contribution in [3.05, 3.63) is 30.9 Å². The van der Waals surface area contributed by atoms with Gasteiger partial charge in [0.2, 0.25) is 15.9 Å². The van der Waals surface area contributed by atoms with Crippen LogP contribution in [0.25, 0.3) is 0 Å². The molecule has 120 valence electrons. The molecule has 0 bridgehead atoms. The number of rotatable bonds is 6. The largest absolute Gasteiger partial charge is 0.494 e. The van der Waals surface area contributed by atoms with E-state index in [4.69, 9.17) is 4.74 Å². The van der Waals surface area contributed by atoms with Gasteiger partial charge in [0.1, 0.15) is 5.75 Å². The van der Waals surface area contributed by atoms with Crippen molar-refractivity contribution in [2.45, 2.75) is 19.3 Å². The lowest BCUT2D eigenvalue weighted by Gasteiger charge is -2.28. The molecule has 1 N–H and O–H groups in total. The number of amides is 1. The van der Waals surface area contributed by atoms with Gasteiger partial charge in [-0.1, -0.05) is 6.08 Å². The maximum atomic E-state index is 12.0. The van der Waals surface area contributed by atoms with Crippen molar-refractivity contribution < 1.29 is 17.9 Å². The maximum Gasteiger partial charge on any atom is 0.236 e. The molecule has 6 nitrogen and oxygen atoms in total. The molecule has 0 aromatic heterocycles. The van der Waals surface area contributed by atoms with Gasteiger partial charge in [0, 0.05) is 19.0 Å². The molecule has 0 saturated carbocycles. The van der Waals surface area contributed by atoms with Crippen molar-refractivity contribution in [2.24, 2.45) is 0 Å². The first-order valence-electron chi connectivity index (χ1n) is 7.06. The van der Waals surface area contributed by atoms with Crippen molar-refractivity contribution in [3.63, 3.8) is 0 Å². The number of anilines is 2. The monoisotopic (exact) mass is 324 g/mol. The summed E-state index contributed by atoms with van der Waals surface area (Å²) < 4.78 is 31.3. The average Bonchev–Trinajstić information content (AvgIpc) is 2.47. The summed E-state index contributed by atoms with van der Waals surface area (Å²) in [6.07, 6.45) is 3.69. The highest BCUT2D eigenvalue weighted by Gasteiger charge is 2.23. The maximum absolute atomic E-state index is 12.0. The number of hydrogen-bond acceptors (Lipinski definition) is 4. The summed E-state index contributed by atoms with van der Waals surface area (Å²) in [6, 6.07) is 4.91. The third-order valence-corrected chi connectivity index (χ3v) is 4.63. The summed E-state index contributed by atoms with van der Waals surface area (Å²) in [4.78, 5) is 13.7. The van der Waals surface area contributed by atoms with Crippen LogP contribution < -0.4 is 14.4 Å². The van der Waals surface area contributed by atoms with E-state index < -0.39 is 10.0 Å². The molecule has 22 heavy (non-hydrogen) atoms. The zero-order valence-corrected chi connectivity index (χ0v) is 13.4. The molecule has 0 radical (unpaired) electrons. The van der Waals surface area contributed by atoms with Crippen molar-refractivity contribution in [3.8, 4) is 5.75 Å². The third kappa shape index (κ3) is 3.79. The predicted molar refractivity (Wildman–Crippen MR) is 86.8 cm³/mol.